The van der Waals surface area contributed by atoms with E-state index in [-0.39, 0.29) is 25.3 Å². The number of halogens is 3. The predicted molar refractivity (Wildman–Crippen MR) is 125 cm³/mol. The van der Waals surface area contributed by atoms with Gasteiger partial charge in [-0.2, -0.15) is 13.2 Å². The van der Waals surface area contributed by atoms with Gasteiger partial charge >= 0.3 is 18.1 Å². The first-order valence-corrected chi connectivity index (χ1v) is 12.2. The number of hydrogen-bond donors (Lipinski definition) is 2. The second-order valence-corrected chi connectivity index (χ2v) is 9.43. The first kappa shape index (κ1) is 28.4. The quantitative estimate of drug-likeness (QED) is 0.497. The summed E-state index contributed by atoms with van der Waals surface area (Å²) < 4.78 is 49.1. The van der Waals surface area contributed by atoms with Crippen LogP contribution in [0.15, 0.2) is 24.3 Å². The van der Waals surface area contributed by atoms with E-state index in [0.717, 1.165) is 32.6 Å². The summed E-state index contributed by atoms with van der Waals surface area (Å²) in [5.74, 6) is -2.47. The molecule has 2 saturated heterocycles. The minimum absolute atomic E-state index is 0.0642. The van der Waals surface area contributed by atoms with E-state index < -0.39 is 53.3 Å². The Morgan fingerprint density at radius 3 is 2.41 bits per heavy atom. The van der Waals surface area contributed by atoms with Gasteiger partial charge < -0.3 is 25.0 Å². The van der Waals surface area contributed by atoms with Crippen molar-refractivity contribution < 1.29 is 41.8 Å². The lowest BCUT2D eigenvalue weighted by Gasteiger charge is -2.40. The normalized spacial score (nSPS) is 23.3. The van der Waals surface area contributed by atoms with Gasteiger partial charge in [0.2, 0.25) is 11.8 Å². The van der Waals surface area contributed by atoms with Crippen molar-refractivity contribution in [3.05, 3.63) is 35.4 Å². The van der Waals surface area contributed by atoms with Crippen LogP contribution in [0.25, 0.3) is 0 Å². The Morgan fingerprint density at radius 2 is 1.86 bits per heavy atom. The highest BCUT2D eigenvalue weighted by atomic mass is 19.4. The molecule has 2 N–H and O–H groups in total. The highest BCUT2D eigenvalue weighted by Gasteiger charge is 2.52. The molecule has 3 unspecified atom stereocenters. The molecule has 1 aromatic carbocycles. The summed E-state index contributed by atoms with van der Waals surface area (Å²) in [5, 5.41) is 5.73. The fraction of sp³-hybridized carbons (Fsp3) is 0.600. The van der Waals surface area contributed by atoms with Crippen LogP contribution in [0.4, 0.5) is 13.2 Å². The Kier molecular flexibility index (Phi) is 8.83. The van der Waals surface area contributed by atoms with Crippen LogP contribution in [0, 0.1) is 0 Å². The molecule has 12 heteroatoms. The van der Waals surface area contributed by atoms with Gasteiger partial charge in [-0.05, 0) is 56.8 Å². The molecule has 2 aliphatic rings. The Hall–Kier alpha value is -3.15. The summed E-state index contributed by atoms with van der Waals surface area (Å²) in [4.78, 5) is 52.8. The Balaban J connectivity index is 1.97. The van der Waals surface area contributed by atoms with E-state index >= 15 is 0 Å². The molecule has 4 atom stereocenters. The molecule has 0 aromatic heterocycles. The van der Waals surface area contributed by atoms with E-state index in [1.54, 1.807) is 0 Å². The summed E-state index contributed by atoms with van der Waals surface area (Å²) >= 11 is 0. The largest absolute Gasteiger partial charge is 0.467 e. The van der Waals surface area contributed by atoms with E-state index in [4.69, 9.17) is 9.47 Å². The lowest BCUT2D eigenvalue weighted by atomic mass is 9.85. The van der Waals surface area contributed by atoms with Crippen LogP contribution in [0.5, 0.6) is 0 Å². The van der Waals surface area contributed by atoms with Crippen LogP contribution in [0.3, 0.4) is 0 Å². The fourth-order valence-corrected chi connectivity index (χ4v) is 5.03. The number of likely N-dealkylation sites (tertiary alicyclic amines) is 1. The van der Waals surface area contributed by atoms with Crippen LogP contribution in [0.2, 0.25) is 0 Å². The first-order chi connectivity index (χ1) is 17.4. The lowest BCUT2D eigenvalue weighted by Crippen LogP contribution is -2.64. The zero-order chi connectivity index (χ0) is 27.4. The third-order valence-electron chi connectivity index (χ3n) is 6.88. The number of ether oxygens (including phenoxy) is 2. The minimum Gasteiger partial charge on any atom is -0.467 e. The number of amides is 2. The van der Waals surface area contributed by atoms with Crippen molar-refractivity contribution in [1.82, 2.24) is 15.5 Å². The SMILES string of the molecule is COC(=O)C(NC(=O)C1(Cc2ccc(C(F)(F)F)cc2)CCCN1C(=O)[C@@H]1CCCN1)C(C)OC(C)=O. The Morgan fingerprint density at radius 1 is 1.19 bits per heavy atom. The second-order valence-electron chi connectivity index (χ2n) is 9.43. The smallest absolute Gasteiger partial charge is 0.416 e. The third-order valence-corrected chi connectivity index (χ3v) is 6.88. The number of rotatable bonds is 8. The van der Waals surface area contributed by atoms with Gasteiger partial charge in [-0.3, -0.25) is 14.4 Å². The Labute approximate surface area is 213 Å². The van der Waals surface area contributed by atoms with E-state index in [0.29, 0.717) is 24.9 Å². The zero-order valence-electron chi connectivity index (χ0n) is 21.0. The van der Waals surface area contributed by atoms with E-state index in [9.17, 15) is 32.3 Å². The van der Waals surface area contributed by atoms with Gasteiger partial charge in [0.25, 0.3) is 0 Å². The average Bonchev–Trinajstić information content (AvgIpc) is 3.52. The average molecular weight is 528 g/mol. The molecule has 0 spiro atoms. The van der Waals surface area contributed by atoms with Crippen LogP contribution >= 0.6 is 0 Å². The van der Waals surface area contributed by atoms with Crippen molar-refractivity contribution in [1.29, 1.82) is 0 Å². The molecule has 37 heavy (non-hydrogen) atoms. The van der Waals surface area contributed by atoms with Crippen molar-refractivity contribution in [3.63, 3.8) is 0 Å². The third kappa shape index (κ3) is 6.41. The summed E-state index contributed by atoms with van der Waals surface area (Å²) in [6.45, 7) is 3.51. The molecule has 0 saturated carbocycles. The predicted octanol–water partition coefficient (Wildman–Crippen LogP) is 1.97. The van der Waals surface area contributed by atoms with Crippen molar-refractivity contribution >= 4 is 23.8 Å². The summed E-state index contributed by atoms with van der Waals surface area (Å²) in [5.41, 5.74) is -1.88. The molecule has 2 aliphatic heterocycles. The maximum Gasteiger partial charge on any atom is 0.416 e. The number of carbonyl (C=O) groups excluding carboxylic acids is 4. The standard InChI is InChI=1S/C25H32F3N3O6/c1-15(37-16(2)32)20(22(34)36-3)30-23(35)24(14-17-7-9-18(10-8-17)25(26,27)28)11-5-13-31(24)21(33)19-6-4-12-29-19/h7-10,15,19-20,29H,4-6,11-14H2,1-3H3,(H,30,35)/t15?,19-,20?,24?/m0/s1. The molecule has 3 rings (SSSR count). The van der Waals surface area contributed by atoms with Crippen molar-refractivity contribution in [2.24, 2.45) is 0 Å². The molecule has 2 amide bonds. The van der Waals surface area contributed by atoms with Gasteiger partial charge in [0.15, 0.2) is 6.04 Å². The van der Waals surface area contributed by atoms with Gasteiger partial charge in [0.1, 0.15) is 11.6 Å². The lowest BCUT2D eigenvalue weighted by molar-refractivity contribution is -0.158. The molecule has 2 fully saturated rings. The molecule has 0 bridgehead atoms. The van der Waals surface area contributed by atoms with E-state index in [1.165, 1.54) is 24.0 Å². The van der Waals surface area contributed by atoms with Gasteiger partial charge in [-0.25, -0.2) is 4.79 Å². The first-order valence-electron chi connectivity index (χ1n) is 12.2. The number of alkyl halides is 3. The van der Waals surface area contributed by atoms with Crippen LogP contribution in [-0.2, 0) is 41.2 Å². The number of methoxy groups -OCH3 is 1. The molecule has 2 heterocycles. The fourth-order valence-electron chi connectivity index (χ4n) is 5.03. The van der Waals surface area contributed by atoms with Crippen LogP contribution in [0.1, 0.15) is 50.7 Å². The zero-order valence-corrected chi connectivity index (χ0v) is 21.0. The van der Waals surface area contributed by atoms with Gasteiger partial charge in [0, 0.05) is 19.9 Å². The van der Waals surface area contributed by atoms with E-state index in [2.05, 4.69) is 10.6 Å². The van der Waals surface area contributed by atoms with Gasteiger partial charge in [-0.1, -0.05) is 12.1 Å². The van der Waals surface area contributed by atoms with Gasteiger partial charge in [-0.15, -0.1) is 0 Å². The molecule has 204 valence electrons. The Bertz CT molecular complexity index is 1010. The van der Waals surface area contributed by atoms with Crippen molar-refractivity contribution in [2.75, 3.05) is 20.2 Å². The van der Waals surface area contributed by atoms with Crippen molar-refractivity contribution in [3.8, 4) is 0 Å². The number of nitrogens with one attached hydrogen (secondary N) is 2. The molecule has 0 radical (unpaired) electrons. The van der Waals surface area contributed by atoms with Crippen LogP contribution < -0.4 is 10.6 Å². The maximum atomic E-state index is 13.9. The van der Waals surface area contributed by atoms with Crippen LogP contribution in [-0.4, -0.2) is 72.6 Å². The topological polar surface area (TPSA) is 114 Å². The number of carbonyl (C=O) groups is 4. The summed E-state index contributed by atoms with van der Waals surface area (Å²) in [6.07, 6.45) is -3.54. The molecule has 0 aliphatic carbocycles. The van der Waals surface area contributed by atoms with Gasteiger partial charge in [0.05, 0.1) is 18.7 Å². The monoisotopic (exact) mass is 527 g/mol. The summed E-state index contributed by atoms with van der Waals surface area (Å²) in [7, 11) is 1.12. The molecular weight excluding hydrogens is 495 g/mol. The van der Waals surface area contributed by atoms with Crippen molar-refractivity contribution in [2.45, 2.75) is 75.9 Å². The maximum absolute atomic E-state index is 13.9. The minimum atomic E-state index is -4.52. The summed E-state index contributed by atoms with van der Waals surface area (Å²) in [6, 6.07) is 2.60. The molecule has 1 aromatic rings. The molecule has 9 nitrogen and oxygen atoms in total. The number of benzene rings is 1. The number of esters is 2. The second kappa shape index (κ2) is 11.5. The molecular formula is C25H32F3N3O6. The number of nitrogens with zero attached hydrogens (tertiary/aromatic N) is 1. The highest BCUT2D eigenvalue weighted by molar-refractivity contribution is 5.96. The van der Waals surface area contributed by atoms with E-state index in [1.807, 2.05) is 0 Å². The number of hydrogen-bond acceptors (Lipinski definition) is 7. The highest BCUT2D eigenvalue weighted by Crippen LogP contribution is 2.36.